The molecule has 110 valence electrons. The summed E-state index contributed by atoms with van der Waals surface area (Å²) < 4.78 is 0. The minimum atomic E-state index is -0.563. The summed E-state index contributed by atoms with van der Waals surface area (Å²) in [7, 11) is 0. The Balaban J connectivity index is 1.87. The van der Waals surface area contributed by atoms with Crippen molar-refractivity contribution in [3.63, 3.8) is 0 Å². The Morgan fingerprint density at radius 3 is 2.71 bits per heavy atom. The molecule has 1 unspecified atom stereocenters. The molecular formula is C15H17N3O3. The molecule has 2 aliphatic rings. The van der Waals surface area contributed by atoms with Crippen LogP contribution in [0, 0.1) is 0 Å². The Morgan fingerprint density at radius 2 is 2.05 bits per heavy atom. The van der Waals surface area contributed by atoms with Crippen LogP contribution in [0.5, 0.6) is 0 Å². The van der Waals surface area contributed by atoms with E-state index in [2.05, 4.69) is 4.98 Å². The SMILES string of the molecule is CC(C)N1C(=O)CCC(N2Cc3cccnc3C2=O)C1=O. The summed E-state index contributed by atoms with van der Waals surface area (Å²) in [6.07, 6.45) is 2.26. The van der Waals surface area contributed by atoms with Crippen LogP contribution in [0.25, 0.3) is 0 Å². The van der Waals surface area contributed by atoms with E-state index in [4.69, 9.17) is 0 Å². The Bertz CT molecular complexity index is 626. The molecular weight excluding hydrogens is 270 g/mol. The number of imide groups is 1. The lowest BCUT2D eigenvalue weighted by Crippen LogP contribution is -2.56. The Labute approximate surface area is 122 Å². The third-order valence-electron chi connectivity index (χ3n) is 4.01. The van der Waals surface area contributed by atoms with Crippen molar-refractivity contribution in [1.29, 1.82) is 0 Å². The molecule has 0 bridgehead atoms. The van der Waals surface area contributed by atoms with Gasteiger partial charge in [0.15, 0.2) is 0 Å². The minimum Gasteiger partial charge on any atom is -0.321 e. The van der Waals surface area contributed by atoms with Crippen LogP contribution in [0.1, 0.15) is 42.7 Å². The minimum absolute atomic E-state index is 0.159. The van der Waals surface area contributed by atoms with Crippen molar-refractivity contribution in [2.75, 3.05) is 0 Å². The lowest BCUT2D eigenvalue weighted by Gasteiger charge is -2.37. The molecule has 1 atom stereocenters. The Kier molecular flexibility index (Phi) is 3.23. The van der Waals surface area contributed by atoms with E-state index in [-0.39, 0.29) is 23.8 Å². The van der Waals surface area contributed by atoms with Crippen LogP contribution in [0.2, 0.25) is 0 Å². The number of piperidine rings is 1. The molecule has 0 aliphatic carbocycles. The van der Waals surface area contributed by atoms with Crippen LogP contribution in [-0.2, 0) is 16.1 Å². The molecule has 2 aliphatic heterocycles. The third kappa shape index (κ3) is 2.11. The molecule has 1 aromatic rings. The maximum Gasteiger partial charge on any atom is 0.273 e. The number of amides is 3. The van der Waals surface area contributed by atoms with Gasteiger partial charge in [-0.3, -0.25) is 24.3 Å². The van der Waals surface area contributed by atoms with Crippen molar-refractivity contribution >= 4 is 17.7 Å². The number of rotatable bonds is 2. The zero-order chi connectivity index (χ0) is 15.1. The van der Waals surface area contributed by atoms with E-state index in [1.807, 2.05) is 6.07 Å². The van der Waals surface area contributed by atoms with Gasteiger partial charge in [0.25, 0.3) is 11.8 Å². The molecule has 0 radical (unpaired) electrons. The van der Waals surface area contributed by atoms with Gasteiger partial charge < -0.3 is 4.90 Å². The summed E-state index contributed by atoms with van der Waals surface area (Å²) in [6.45, 7) is 4.00. The topological polar surface area (TPSA) is 70.6 Å². The van der Waals surface area contributed by atoms with Gasteiger partial charge in [0.05, 0.1) is 0 Å². The van der Waals surface area contributed by atoms with Crippen LogP contribution in [0.4, 0.5) is 0 Å². The summed E-state index contributed by atoms with van der Waals surface area (Å²) in [4.78, 5) is 43.8. The fourth-order valence-corrected chi connectivity index (χ4v) is 3.02. The van der Waals surface area contributed by atoms with Crippen molar-refractivity contribution in [2.45, 2.75) is 45.3 Å². The zero-order valence-corrected chi connectivity index (χ0v) is 12.1. The van der Waals surface area contributed by atoms with Gasteiger partial charge in [-0.1, -0.05) is 6.07 Å². The first-order valence-electron chi connectivity index (χ1n) is 7.11. The number of aromatic nitrogens is 1. The van der Waals surface area contributed by atoms with Crippen LogP contribution in [0.3, 0.4) is 0 Å². The summed E-state index contributed by atoms with van der Waals surface area (Å²) in [5, 5.41) is 0. The predicted molar refractivity (Wildman–Crippen MR) is 74.1 cm³/mol. The monoisotopic (exact) mass is 287 g/mol. The van der Waals surface area contributed by atoms with Crippen molar-refractivity contribution < 1.29 is 14.4 Å². The number of carbonyl (C=O) groups is 3. The summed E-state index contributed by atoms with van der Waals surface area (Å²) >= 11 is 0. The Hall–Kier alpha value is -2.24. The van der Waals surface area contributed by atoms with Gasteiger partial charge in [0.2, 0.25) is 5.91 Å². The van der Waals surface area contributed by atoms with Crippen LogP contribution in [-0.4, -0.2) is 44.6 Å². The molecule has 0 spiro atoms. The van der Waals surface area contributed by atoms with E-state index in [0.29, 0.717) is 25.1 Å². The van der Waals surface area contributed by atoms with Crippen molar-refractivity contribution in [3.05, 3.63) is 29.6 Å². The average molecular weight is 287 g/mol. The zero-order valence-electron chi connectivity index (χ0n) is 12.1. The largest absolute Gasteiger partial charge is 0.321 e. The number of fused-ring (bicyclic) bond motifs is 1. The molecule has 0 saturated carbocycles. The maximum atomic E-state index is 12.6. The average Bonchev–Trinajstić information content (AvgIpc) is 2.76. The second-order valence-corrected chi connectivity index (χ2v) is 5.69. The summed E-state index contributed by atoms with van der Waals surface area (Å²) in [5.74, 6) is -0.655. The van der Waals surface area contributed by atoms with E-state index in [9.17, 15) is 14.4 Å². The number of carbonyl (C=O) groups excluding carboxylic acids is 3. The highest BCUT2D eigenvalue weighted by Gasteiger charge is 2.43. The molecule has 3 rings (SSSR count). The first-order chi connectivity index (χ1) is 10.0. The number of hydrogen-bond donors (Lipinski definition) is 0. The van der Waals surface area contributed by atoms with Crippen molar-refractivity contribution in [3.8, 4) is 0 Å². The molecule has 1 fully saturated rings. The highest BCUT2D eigenvalue weighted by molar-refractivity contribution is 6.04. The highest BCUT2D eigenvalue weighted by atomic mass is 16.2. The third-order valence-corrected chi connectivity index (χ3v) is 4.01. The van der Waals surface area contributed by atoms with Gasteiger partial charge in [-0.25, -0.2) is 0 Å². The Morgan fingerprint density at radius 1 is 1.29 bits per heavy atom. The molecule has 0 N–H and O–H groups in total. The normalized spacial score (nSPS) is 22.2. The second kappa shape index (κ2) is 4.95. The molecule has 3 heterocycles. The number of nitrogens with zero attached hydrogens (tertiary/aromatic N) is 3. The van der Waals surface area contributed by atoms with Gasteiger partial charge in [0, 0.05) is 30.8 Å². The lowest BCUT2D eigenvalue weighted by molar-refractivity contribution is -0.154. The van der Waals surface area contributed by atoms with E-state index >= 15 is 0 Å². The predicted octanol–water partition coefficient (Wildman–Crippen LogP) is 0.963. The smallest absolute Gasteiger partial charge is 0.273 e. The van der Waals surface area contributed by atoms with E-state index in [1.54, 1.807) is 31.0 Å². The fraction of sp³-hybridized carbons (Fsp3) is 0.467. The molecule has 6 nitrogen and oxygen atoms in total. The van der Waals surface area contributed by atoms with Crippen molar-refractivity contribution in [2.24, 2.45) is 0 Å². The van der Waals surface area contributed by atoms with Gasteiger partial charge in [0.1, 0.15) is 11.7 Å². The maximum absolute atomic E-state index is 12.6. The number of hydrogen-bond acceptors (Lipinski definition) is 4. The van der Waals surface area contributed by atoms with Crippen LogP contribution in [0.15, 0.2) is 18.3 Å². The molecule has 1 aromatic heterocycles. The first-order valence-corrected chi connectivity index (χ1v) is 7.11. The second-order valence-electron chi connectivity index (χ2n) is 5.69. The lowest BCUT2D eigenvalue weighted by atomic mass is 10.0. The fourth-order valence-electron chi connectivity index (χ4n) is 3.02. The molecule has 3 amide bonds. The first kappa shape index (κ1) is 13.7. The summed E-state index contributed by atoms with van der Waals surface area (Å²) in [6, 6.07) is 2.87. The van der Waals surface area contributed by atoms with Gasteiger partial charge >= 0.3 is 0 Å². The highest BCUT2D eigenvalue weighted by Crippen LogP contribution is 2.28. The molecule has 6 heteroatoms. The van der Waals surface area contributed by atoms with Crippen molar-refractivity contribution in [1.82, 2.24) is 14.8 Å². The van der Waals surface area contributed by atoms with Gasteiger partial charge in [-0.15, -0.1) is 0 Å². The van der Waals surface area contributed by atoms with Gasteiger partial charge in [-0.05, 0) is 26.3 Å². The molecule has 0 aromatic carbocycles. The molecule has 1 saturated heterocycles. The molecule has 21 heavy (non-hydrogen) atoms. The standard InChI is InChI=1S/C15H17N3O3/c1-9(2)18-12(19)6-5-11(14(18)20)17-8-10-4-3-7-16-13(10)15(17)21/h3-4,7,9,11H,5-6,8H2,1-2H3. The van der Waals surface area contributed by atoms with E-state index in [1.165, 1.54) is 4.90 Å². The van der Waals surface area contributed by atoms with E-state index < -0.39 is 6.04 Å². The summed E-state index contributed by atoms with van der Waals surface area (Å²) in [5.41, 5.74) is 1.25. The quantitative estimate of drug-likeness (QED) is 0.760. The van der Waals surface area contributed by atoms with Gasteiger partial charge in [-0.2, -0.15) is 0 Å². The van der Waals surface area contributed by atoms with Crippen LogP contribution >= 0.6 is 0 Å². The van der Waals surface area contributed by atoms with Crippen LogP contribution < -0.4 is 0 Å². The number of pyridine rings is 1. The number of likely N-dealkylation sites (tertiary alicyclic amines) is 1. The van der Waals surface area contributed by atoms with E-state index in [0.717, 1.165) is 5.56 Å².